The van der Waals surface area contributed by atoms with Gasteiger partial charge in [-0.1, -0.05) is 35.9 Å². The second-order valence-corrected chi connectivity index (χ2v) is 14.5. The molecule has 0 unspecified atom stereocenters. The van der Waals surface area contributed by atoms with Crippen LogP contribution in [-0.4, -0.2) is 91.2 Å². The number of amides is 1. The number of fused-ring (bicyclic) bond motifs is 4. The van der Waals surface area contributed by atoms with Gasteiger partial charge in [-0.3, -0.25) is 4.90 Å². The molecular formula is C37H45ClFN5O4. The summed E-state index contributed by atoms with van der Waals surface area (Å²) in [7, 11) is 5.66. The molecule has 0 N–H and O–H groups in total. The number of rotatable bonds is 10. The number of aryl methyl sites for hydroxylation is 1. The molecule has 2 atom stereocenters. The monoisotopic (exact) mass is 677 g/mol. The number of hydrogen-bond acceptors (Lipinski definition) is 8. The summed E-state index contributed by atoms with van der Waals surface area (Å²) in [5.41, 5.74) is 0.530. The lowest BCUT2D eigenvalue weighted by Crippen LogP contribution is -2.57. The lowest BCUT2D eigenvalue weighted by Gasteiger charge is -2.42. The molecule has 0 radical (unpaired) electrons. The summed E-state index contributed by atoms with van der Waals surface area (Å²) in [5.74, 6) is 1.29. The Morgan fingerprint density at radius 3 is 2.46 bits per heavy atom. The minimum absolute atomic E-state index is 0.0343. The Hall–Kier alpha value is -3.73. The molecule has 6 rings (SSSR count). The Labute approximate surface area is 286 Å². The summed E-state index contributed by atoms with van der Waals surface area (Å²) in [6, 6.07) is 13.2. The molecule has 2 aliphatic heterocycles. The maximum absolute atomic E-state index is 17.1. The molecule has 0 saturated carbocycles. The highest BCUT2D eigenvalue weighted by Gasteiger charge is 2.45. The third-order valence-electron chi connectivity index (χ3n) is 9.00. The van der Waals surface area contributed by atoms with Gasteiger partial charge in [0.05, 0.1) is 17.1 Å². The van der Waals surface area contributed by atoms with Gasteiger partial charge in [0, 0.05) is 37.6 Å². The number of piperazine rings is 1. The van der Waals surface area contributed by atoms with Crippen molar-refractivity contribution in [3.8, 4) is 16.9 Å². The first-order chi connectivity index (χ1) is 22.9. The van der Waals surface area contributed by atoms with E-state index in [1.165, 1.54) is 0 Å². The second kappa shape index (κ2) is 14.0. The molecule has 2 bridgehead atoms. The van der Waals surface area contributed by atoms with Gasteiger partial charge in [-0.2, -0.15) is 0 Å². The van der Waals surface area contributed by atoms with Gasteiger partial charge in [-0.25, -0.2) is 19.2 Å². The lowest BCUT2D eigenvalue weighted by atomic mass is 9.96. The molecule has 2 saturated heterocycles. The highest BCUT2D eigenvalue weighted by molar-refractivity contribution is 6.35. The highest BCUT2D eigenvalue weighted by Crippen LogP contribution is 2.43. The second-order valence-electron chi connectivity index (χ2n) is 14.1. The number of hydrogen-bond donors (Lipinski definition) is 0. The largest absolute Gasteiger partial charge is 0.468 e. The van der Waals surface area contributed by atoms with Crippen LogP contribution in [0.3, 0.4) is 0 Å². The third-order valence-corrected chi connectivity index (χ3v) is 9.30. The average molecular weight is 678 g/mol. The van der Waals surface area contributed by atoms with Crippen LogP contribution in [0.1, 0.15) is 52.3 Å². The summed E-state index contributed by atoms with van der Waals surface area (Å²) in [4.78, 5) is 29.3. The molecule has 3 heterocycles. The molecule has 2 aliphatic rings. The number of unbranched alkanes of at least 4 members (excludes halogenated alkanes) is 1. The van der Waals surface area contributed by atoms with E-state index in [9.17, 15) is 4.79 Å². The van der Waals surface area contributed by atoms with Crippen molar-refractivity contribution in [2.45, 2.75) is 70.6 Å². The lowest BCUT2D eigenvalue weighted by molar-refractivity contribution is 0.0123. The van der Waals surface area contributed by atoms with E-state index in [1.54, 1.807) is 19.2 Å². The average Bonchev–Trinajstić information content (AvgIpc) is 3.30. The fraction of sp³-hybridized carbons (Fsp3) is 0.486. The number of carbonyl (C=O) groups excluding carboxylic acids is 1. The van der Waals surface area contributed by atoms with E-state index in [0.29, 0.717) is 47.9 Å². The van der Waals surface area contributed by atoms with Crippen LogP contribution in [0.25, 0.3) is 32.8 Å². The first kappa shape index (κ1) is 34.1. The van der Waals surface area contributed by atoms with Gasteiger partial charge in [0.25, 0.3) is 0 Å². The number of halogens is 2. The molecule has 3 aromatic carbocycles. The van der Waals surface area contributed by atoms with Crippen LogP contribution >= 0.6 is 11.6 Å². The molecule has 1 amide bonds. The minimum atomic E-state index is -0.579. The number of methoxy groups -OCH3 is 1. The summed E-state index contributed by atoms with van der Waals surface area (Å²) < 4.78 is 33.8. The maximum atomic E-state index is 17.1. The van der Waals surface area contributed by atoms with Gasteiger partial charge < -0.3 is 24.0 Å². The van der Waals surface area contributed by atoms with E-state index in [0.717, 1.165) is 43.0 Å². The summed E-state index contributed by atoms with van der Waals surface area (Å²) in [6.07, 6.45) is 3.90. The number of anilines is 1. The van der Waals surface area contributed by atoms with Crippen molar-refractivity contribution in [1.29, 1.82) is 0 Å². The van der Waals surface area contributed by atoms with Crippen molar-refractivity contribution >= 4 is 45.2 Å². The predicted molar refractivity (Wildman–Crippen MR) is 189 cm³/mol. The van der Waals surface area contributed by atoms with Crippen molar-refractivity contribution < 1.29 is 23.4 Å². The van der Waals surface area contributed by atoms with Crippen LogP contribution in [0.5, 0.6) is 5.75 Å². The van der Waals surface area contributed by atoms with Gasteiger partial charge >= 0.3 is 6.09 Å². The Balaban J connectivity index is 1.44. The van der Waals surface area contributed by atoms with Gasteiger partial charge in [0.1, 0.15) is 28.5 Å². The standard InChI is InChI=1S/C37H45ClFN5O4/c1-37(2,3)48-36(45)44-24-14-15-25(44)21-43(20-24)35-29-19-30(38)32(33(39)34(29)40-31(41-35)13-9-10-16-42(4)5)28-18-26(47-22-46-6)17-23-11-7-8-12-27(23)28/h7-8,11-12,17-19,24-25H,9-10,13-16,20-22H2,1-6H3/t24-,25+. The van der Waals surface area contributed by atoms with Crippen LogP contribution in [0.15, 0.2) is 42.5 Å². The first-order valence-electron chi connectivity index (χ1n) is 16.7. The molecule has 0 spiro atoms. The van der Waals surface area contributed by atoms with Crippen molar-refractivity contribution in [2.24, 2.45) is 0 Å². The SMILES string of the molecule is COCOc1cc(-c2c(Cl)cc3c(N4C[C@H]5CC[C@@H](C4)N5C(=O)OC(C)(C)C)nc(CCCCN(C)C)nc3c2F)c2ccccc2c1. The fourth-order valence-electron chi connectivity index (χ4n) is 6.92. The Morgan fingerprint density at radius 1 is 1.04 bits per heavy atom. The van der Waals surface area contributed by atoms with Crippen molar-refractivity contribution in [3.63, 3.8) is 0 Å². The molecule has 11 heteroatoms. The molecule has 256 valence electrons. The third kappa shape index (κ3) is 7.16. The molecule has 2 fully saturated rings. The van der Waals surface area contributed by atoms with Gasteiger partial charge in [-0.05, 0) is 102 Å². The minimum Gasteiger partial charge on any atom is -0.468 e. The number of aromatic nitrogens is 2. The van der Waals surface area contributed by atoms with Crippen molar-refractivity contribution in [3.05, 3.63) is 59.1 Å². The summed E-state index contributed by atoms with van der Waals surface area (Å²) >= 11 is 7.03. The Kier molecular flexibility index (Phi) is 9.97. The number of carbonyl (C=O) groups is 1. The van der Waals surface area contributed by atoms with E-state index >= 15 is 4.39 Å². The molecule has 0 aliphatic carbocycles. The number of benzene rings is 3. The number of ether oxygens (including phenoxy) is 3. The fourth-order valence-corrected chi connectivity index (χ4v) is 7.22. The van der Waals surface area contributed by atoms with Gasteiger partial charge in [0.2, 0.25) is 0 Å². The quantitative estimate of drug-likeness (QED) is 0.125. The zero-order valence-corrected chi connectivity index (χ0v) is 29.4. The number of nitrogens with zero attached hydrogens (tertiary/aromatic N) is 5. The Bertz CT molecular complexity index is 1800. The van der Waals surface area contributed by atoms with Crippen molar-refractivity contribution in [2.75, 3.05) is 52.5 Å². The van der Waals surface area contributed by atoms with Crippen LogP contribution < -0.4 is 9.64 Å². The van der Waals surface area contributed by atoms with Crippen LogP contribution in [0, 0.1) is 5.82 Å². The summed E-state index contributed by atoms with van der Waals surface area (Å²) in [6.45, 7) is 7.78. The van der Waals surface area contributed by atoms with E-state index in [2.05, 4.69) is 23.9 Å². The summed E-state index contributed by atoms with van der Waals surface area (Å²) in [5, 5.41) is 2.54. The molecule has 9 nitrogen and oxygen atoms in total. The maximum Gasteiger partial charge on any atom is 0.410 e. The van der Waals surface area contributed by atoms with Gasteiger partial charge in [0.15, 0.2) is 12.6 Å². The van der Waals surface area contributed by atoms with Crippen LogP contribution in [0.2, 0.25) is 5.02 Å². The van der Waals surface area contributed by atoms with Crippen molar-refractivity contribution in [1.82, 2.24) is 19.8 Å². The van der Waals surface area contributed by atoms with E-state index in [4.69, 9.17) is 35.8 Å². The molecule has 4 aromatic rings. The zero-order valence-electron chi connectivity index (χ0n) is 28.7. The van der Waals surface area contributed by atoms with E-state index in [-0.39, 0.29) is 41.1 Å². The highest BCUT2D eigenvalue weighted by atomic mass is 35.5. The molecular weight excluding hydrogens is 633 g/mol. The normalized spacial score (nSPS) is 17.9. The van der Waals surface area contributed by atoms with Gasteiger partial charge in [-0.15, -0.1) is 0 Å². The zero-order chi connectivity index (χ0) is 34.2. The smallest absolute Gasteiger partial charge is 0.410 e. The Morgan fingerprint density at radius 2 is 1.77 bits per heavy atom. The van der Waals surface area contributed by atoms with Crippen LogP contribution in [0.4, 0.5) is 15.0 Å². The van der Waals surface area contributed by atoms with E-state index in [1.807, 2.05) is 56.0 Å². The molecule has 1 aromatic heterocycles. The molecule has 48 heavy (non-hydrogen) atoms. The topological polar surface area (TPSA) is 80.3 Å². The van der Waals surface area contributed by atoms with Crippen LogP contribution in [-0.2, 0) is 15.9 Å². The van der Waals surface area contributed by atoms with E-state index < -0.39 is 11.4 Å². The first-order valence-corrected chi connectivity index (χ1v) is 17.1. The predicted octanol–water partition coefficient (Wildman–Crippen LogP) is 7.70.